The summed E-state index contributed by atoms with van der Waals surface area (Å²) in [6, 6.07) is 0. The number of hydrogen-bond donors (Lipinski definition) is 1. The lowest BCUT2D eigenvalue weighted by Crippen LogP contribution is -2.57. The van der Waals surface area contributed by atoms with E-state index in [-0.39, 0.29) is 11.8 Å². The molecule has 1 heterocycles. The number of nitrogens with one attached hydrogen (secondary N) is 1. The van der Waals surface area contributed by atoms with Gasteiger partial charge in [-0.2, -0.15) is 0 Å². The van der Waals surface area contributed by atoms with Gasteiger partial charge in [-0.1, -0.05) is 6.92 Å². The van der Waals surface area contributed by atoms with Crippen LogP contribution >= 0.6 is 0 Å². The van der Waals surface area contributed by atoms with Gasteiger partial charge in [-0.3, -0.25) is 9.59 Å². The number of rotatable bonds is 6. The highest BCUT2D eigenvalue weighted by atomic mass is 16.5. The minimum Gasteiger partial charge on any atom is -0.380 e. The van der Waals surface area contributed by atoms with Crippen molar-refractivity contribution in [3.05, 3.63) is 0 Å². The molecule has 5 nitrogen and oxygen atoms in total. The topological polar surface area (TPSA) is 58.6 Å². The fraction of sp³-hybridized carbons (Fsp3) is 0.857. The molecular weight excluding hydrogens is 244 g/mol. The molecule has 2 amide bonds. The maximum atomic E-state index is 12.6. The number of nitrogens with zero attached hydrogens (tertiary/aromatic N) is 1. The van der Waals surface area contributed by atoms with Gasteiger partial charge in [0.25, 0.3) is 0 Å². The van der Waals surface area contributed by atoms with Gasteiger partial charge >= 0.3 is 0 Å². The fourth-order valence-corrected chi connectivity index (χ4v) is 2.64. The monoisotopic (exact) mass is 268 g/mol. The van der Waals surface area contributed by atoms with E-state index in [0.717, 1.165) is 25.9 Å². The van der Waals surface area contributed by atoms with E-state index in [9.17, 15) is 9.59 Å². The third-order valence-corrected chi connectivity index (χ3v) is 3.99. The van der Waals surface area contributed by atoms with Crippen LogP contribution in [-0.4, -0.2) is 48.6 Å². The van der Waals surface area contributed by atoms with E-state index in [2.05, 4.69) is 12.2 Å². The van der Waals surface area contributed by atoms with Gasteiger partial charge in [0.05, 0.1) is 6.61 Å². The van der Waals surface area contributed by atoms with E-state index in [1.165, 1.54) is 0 Å². The first kappa shape index (κ1) is 14.3. The molecule has 0 aromatic carbocycles. The second-order valence-electron chi connectivity index (χ2n) is 5.68. The average Bonchev–Trinajstić information content (AvgIpc) is 3.20. The zero-order chi connectivity index (χ0) is 13.9. The molecule has 1 atom stereocenters. The number of hydrogen-bond acceptors (Lipinski definition) is 3. The second kappa shape index (κ2) is 5.90. The van der Waals surface area contributed by atoms with Gasteiger partial charge in [0, 0.05) is 26.1 Å². The Labute approximate surface area is 114 Å². The van der Waals surface area contributed by atoms with Crippen molar-refractivity contribution in [2.45, 2.75) is 45.1 Å². The summed E-state index contributed by atoms with van der Waals surface area (Å²) in [4.78, 5) is 26.2. The lowest BCUT2D eigenvalue weighted by atomic mass is 9.94. The molecule has 2 aliphatic rings. The molecule has 0 spiro atoms. The van der Waals surface area contributed by atoms with Crippen LogP contribution in [-0.2, 0) is 14.3 Å². The average molecular weight is 268 g/mol. The molecule has 19 heavy (non-hydrogen) atoms. The summed E-state index contributed by atoms with van der Waals surface area (Å²) < 4.78 is 5.45. The second-order valence-corrected chi connectivity index (χ2v) is 5.68. The van der Waals surface area contributed by atoms with Crippen molar-refractivity contribution in [2.75, 3.05) is 26.3 Å². The predicted octanol–water partition coefficient (Wildman–Crippen LogP) is 0.930. The first-order chi connectivity index (χ1) is 9.08. The molecule has 1 aliphatic heterocycles. The lowest BCUT2D eigenvalue weighted by Gasteiger charge is -2.32. The zero-order valence-corrected chi connectivity index (χ0v) is 11.9. The van der Waals surface area contributed by atoms with Crippen LogP contribution in [0.15, 0.2) is 0 Å². The van der Waals surface area contributed by atoms with Crippen molar-refractivity contribution in [2.24, 2.45) is 5.92 Å². The van der Waals surface area contributed by atoms with Crippen LogP contribution in [0.3, 0.4) is 0 Å². The zero-order valence-electron chi connectivity index (χ0n) is 11.9. The fourth-order valence-electron chi connectivity index (χ4n) is 2.64. The van der Waals surface area contributed by atoms with Crippen molar-refractivity contribution < 1.29 is 14.3 Å². The van der Waals surface area contributed by atoms with Gasteiger partial charge in [-0.05, 0) is 32.1 Å². The van der Waals surface area contributed by atoms with Gasteiger partial charge < -0.3 is 15.0 Å². The van der Waals surface area contributed by atoms with Gasteiger partial charge in [0.15, 0.2) is 0 Å². The van der Waals surface area contributed by atoms with E-state index < -0.39 is 5.54 Å². The Morgan fingerprint density at radius 1 is 1.37 bits per heavy atom. The highest BCUT2D eigenvalue weighted by Crippen LogP contribution is 2.41. The molecule has 2 fully saturated rings. The Morgan fingerprint density at radius 3 is 2.74 bits per heavy atom. The molecule has 0 radical (unpaired) electrons. The van der Waals surface area contributed by atoms with Gasteiger partial charge in [0.2, 0.25) is 11.8 Å². The van der Waals surface area contributed by atoms with Crippen LogP contribution in [0.2, 0.25) is 0 Å². The summed E-state index contributed by atoms with van der Waals surface area (Å²) in [7, 11) is 0. The summed E-state index contributed by atoms with van der Waals surface area (Å²) >= 11 is 0. The highest BCUT2D eigenvalue weighted by Gasteiger charge is 2.50. The Morgan fingerprint density at radius 2 is 2.11 bits per heavy atom. The van der Waals surface area contributed by atoms with Crippen LogP contribution in [0, 0.1) is 5.92 Å². The molecule has 5 heteroatoms. The minimum atomic E-state index is -0.696. The van der Waals surface area contributed by atoms with Crippen molar-refractivity contribution in [1.82, 2.24) is 10.2 Å². The summed E-state index contributed by atoms with van der Waals surface area (Å²) in [6.45, 7) is 6.28. The third-order valence-electron chi connectivity index (χ3n) is 3.99. The molecule has 1 saturated carbocycles. The Hall–Kier alpha value is -1.10. The smallest absolute Gasteiger partial charge is 0.248 e. The maximum absolute atomic E-state index is 12.6. The van der Waals surface area contributed by atoms with E-state index in [0.29, 0.717) is 32.0 Å². The molecule has 1 saturated heterocycles. The van der Waals surface area contributed by atoms with E-state index in [1.54, 1.807) is 4.90 Å². The Kier molecular flexibility index (Phi) is 4.45. The Balaban J connectivity index is 1.98. The summed E-state index contributed by atoms with van der Waals surface area (Å²) in [5.41, 5.74) is -0.696. The predicted molar refractivity (Wildman–Crippen MR) is 71.6 cm³/mol. The maximum Gasteiger partial charge on any atom is 0.248 e. The number of carbonyl (C=O) groups excluding carboxylic acids is 2. The molecule has 0 aromatic heterocycles. The quantitative estimate of drug-likeness (QED) is 0.729. The molecule has 2 rings (SSSR count). The summed E-state index contributed by atoms with van der Waals surface area (Å²) in [5, 5.41) is 2.93. The van der Waals surface area contributed by atoms with E-state index in [1.807, 2.05) is 6.92 Å². The summed E-state index contributed by atoms with van der Waals surface area (Å²) in [6.07, 6.45) is 3.43. The first-order valence-electron chi connectivity index (χ1n) is 7.26. The van der Waals surface area contributed by atoms with Crippen molar-refractivity contribution in [3.63, 3.8) is 0 Å². The largest absolute Gasteiger partial charge is 0.380 e. The lowest BCUT2D eigenvalue weighted by molar-refractivity contribution is -0.139. The SMILES string of the molecule is CCCOCCN1CCC(=O)NC(C)(C2CC2)C1=O. The molecule has 1 N–H and O–H groups in total. The van der Waals surface area contributed by atoms with E-state index >= 15 is 0 Å². The van der Waals surface area contributed by atoms with Crippen LogP contribution in [0.25, 0.3) is 0 Å². The van der Waals surface area contributed by atoms with Crippen molar-refractivity contribution >= 4 is 11.8 Å². The first-order valence-corrected chi connectivity index (χ1v) is 7.26. The number of carbonyl (C=O) groups is 2. The van der Waals surface area contributed by atoms with Crippen molar-refractivity contribution in [3.8, 4) is 0 Å². The van der Waals surface area contributed by atoms with Crippen LogP contribution in [0.1, 0.15) is 39.5 Å². The van der Waals surface area contributed by atoms with Crippen LogP contribution in [0.4, 0.5) is 0 Å². The Bertz CT molecular complexity index is 355. The molecule has 1 unspecified atom stereocenters. The third kappa shape index (κ3) is 3.26. The van der Waals surface area contributed by atoms with E-state index in [4.69, 9.17) is 4.74 Å². The molecule has 0 aromatic rings. The molecular formula is C14H24N2O3. The normalized spacial score (nSPS) is 28.2. The van der Waals surface area contributed by atoms with Gasteiger partial charge in [-0.25, -0.2) is 0 Å². The van der Waals surface area contributed by atoms with Gasteiger partial charge in [0.1, 0.15) is 5.54 Å². The van der Waals surface area contributed by atoms with Crippen LogP contribution in [0.5, 0.6) is 0 Å². The van der Waals surface area contributed by atoms with Crippen LogP contribution < -0.4 is 5.32 Å². The number of ether oxygens (including phenoxy) is 1. The molecule has 1 aliphatic carbocycles. The molecule has 0 bridgehead atoms. The molecule has 108 valence electrons. The highest BCUT2D eigenvalue weighted by molar-refractivity contribution is 5.93. The minimum absolute atomic E-state index is 0.0141. The van der Waals surface area contributed by atoms with Crippen molar-refractivity contribution in [1.29, 1.82) is 0 Å². The summed E-state index contributed by atoms with van der Waals surface area (Å²) in [5.74, 6) is 0.349. The number of amides is 2. The standard InChI is InChI=1S/C14H24N2O3/c1-3-9-19-10-8-16-7-6-12(17)15-14(2,13(16)18)11-4-5-11/h11H,3-10H2,1-2H3,(H,15,17). The van der Waals surface area contributed by atoms with Gasteiger partial charge in [-0.15, -0.1) is 0 Å².